The van der Waals surface area contributed by atoms with Crippen LogP contribution in [0.1, 0.15) is 10.6 Å². The second-order valence-corrected chi connectivity index (χ2v) is 4.43. The highest BCUT2D eigenvalue weighted by Gasteiger charge is 2.27. The van der Waals surface area contributed by atoms with Gasteiger partial charge >= 0.3 is 0 Å². The standard InChI is InChI=1S/C10H11BrN2O3/c1-12-4-5-13(6-9(12)14)10(15)7-2-3-8(11)16-7/h2-3H,4-6H2,1H3. The van der Waals surface area contributed by atoms with Gasteiger partial charge in [0.05, 0.1) is 0 Å². The Labute approximate surface area is 101 Å². The maximum atomic E-state index is 11.9. The lowest BCUT2D eigenvalue weighted by atomic mass is 10.3. The molecule has 1 fully saturated rings. The van der Waals surface area contributed by atoms with Gasteiger partial charge < -0.3 is 14.2 Å². The molecule has 0 atom stereocenters. The minimum absolute atomic E-state index is 0.0507. The molecule has 2 rings (SSSR count). The first kappa shape index (κ1) is 11.2. The van der Waals surface area contributed by atoms with Crippen LogP contribution in [0.5, 0.6) is 0 Å². The lowest BCUT2D eigenvalue weighted by Crippen LogP contribution is -2.50. The first-order valence-corrected chi connectivity index (χ1v) is 5.66. The molecular formula is C10H11BrN2O3. The Hall–Kier alpha value is -1.30. The van der Waals surface area contributed by atoms with Crippen molar-refractivity contribution in [3.63, 3.8) is 0 Å². The quantitative estimate of drug-likeness (QED) is 0.773. The monoisotopic (exact) mass is 286 g/mol. The van der Waals surface area contributed by atoms with Gasteiger partial charge in [0.15, 0.2) is 10.4 Å². The van der Waals surface area contributed by atoms with E-state index in [2.05, 4.69) is 15.9 Å². The van der Waals surface area contributed by atoms with Crippen molar-refractivity contribution in [1.29, 1.82) is 0 Å². The van der Waals surface area contributed by atoms with Crippen molar-refractivity contribution < 1.29 is 14.0 Å². The molecule has 0 saturated carbocycles. The Morgan fingerprint density at radius 1 is 1.44 bits per heavy atom. The van der Waals surface area contributed by atoms with Gasteiger partial charge in [0.1, 0.15) is 6.54 Å². The van der Waals surface area contributed by atoms with E-state index in [1.807, 2.05) is 0 Å². The van der Waals surface area contributed by atoms with Crippen molar-refractivity contribution in [3.05, 3.63) is 22.6 Å². The number of hydrogen-bond donors (Lipinski definition) is 0. The molecule has 1 aliphatic heterocycles. The van der Waals surface area contributed by atoms with E-state index in [1.54, 1.807) is 24.1 Å². The van der Waals surface area contributed by atoms with E-state index < -0.39 is 0 Å². The Morgan fingerprint density at radius 3 is 2.75 bits per heavy atom. The van der Waals surface area contributed by atoms with Crippen molar-refractivity contribution in [2.45, 2.75) is 0 Å². The van der Waals surface area contributed by atoms with Crippen molar-refractivity contribution in [2.24, 2.45) is 0 Å². The maximum Gasteiger partial charge on any atom is 0.290 e. The number of likely N-dealkylation sites (N-methyl/N-ethyl adjacent to an activating group) is 1. The Bertz CT molecular complexity index is 429. The number of nitrogens with zero attached hydrogens (tertiary/aromatic N) is 2. The van der Waals surface area contributed by atoms with Gasteiger partial charge in [0, 0.05) is 20.1 Å². The number of piperazine rings is 1. The lowest BCUT2D eigenvalue weighted by Gasteiger charge is -2.31. The van der Waals surface area contributed by atoms with Crippen molar-refractivity contribution in [1.82, 2.24) is 9.80 Å². The molecule has 1 aromatic heterocycles. The summed E-state index contributed by atoms with van der Waals surface area (Å²) in [7, 11) is 1.73. The summed E-state index contributed by atoms with van der Waals surface area (Å²) in [5.41, 5.74) is 0. The second-order valence-electron chi connectivity index (χ2n) is 3.65. The first-order chi connectivity index (χ1) is 7.58. The largest absolute Gasteiger partial charge is 0.444 e. The first-order valence-electron chi connectivity index (χ1n) is 4.86. The fourth-order valence-electron chi connectivity index (χ4n) is 1.52. The molecule has 16 heavy (non-hydrogen) atoms. The zero-order valence-electron chi connectivity index (χ0n) is 8.77. The van der Waals surface area contributed by atoms with Gasteiger partial charge in [-0.05, 0) is 28.1 Å². The van der Waals surface area contributed by atoms with Crippen LogP contribution in [0.4, 0.5) is 0 Å². The highest BCUT2D eigenvalue weighted by atomic mass is 79.9. The average molecular weight is 287 g/mol. The van der Waals surface area contributed by atoms with Gasteiger partial charge in [-0.1, -0.05) is 0 Å². The van der Waals surface area contributed by atoms with Crippen LogP contribution in [0, 0.1) is 0 Å². The summed E-state index contributed by atoms with van der Waals surface area (Å²) in [5.74, 6) is -0.0402. The van der Waals surface area contributed by atoms with Gasteiger partial charge in [0.2, 0.25) is 5.91 Å². The summed E-state index contributed by atoms with van der Waals surface area (Å²) in [6.07, 6.45) is 0. The molecule has 0 N–H and O–H groups in total. The molecule has 0 spiro atoms. The molecule has 6 heteroatoms. The van der Waals surface area contributed by atoms with Crippen LogP contribution < -0.4 is 0 Å². The Kier molecular flexibility index (Phi) is 3.00. The molecule has 0 aliphatic carbocycles. The number of amides is 2. The summed E-state index contributed by atoms with van der Waals surface area (Å²) in [5, 5.41) is 0. The van der Waals surface area contributed by atoms with E-state index in [0.717, 1.165) is 0 Å². The third-order valence-electron chi connectivity index (χ3n) is 2.53. The normalized spacial score (nSPS) is 16.8. The van der Waals surface area contributed by atoms with Crippen molar-refractivity contribution >= 4 is 27.7 Å². The van der Waals surface area contributed by atoms with Gasteiger partial charge in [-0.25, -0.2) is 0 Å². The topological polar surface area (TPSA) is 53.8 Å². The number of carbonyl (C=O) groups excluding carboxylic acids is 2. The van der Waals surface area contributed by atoms with Crippen LogP contribution in [0.25, 0.3) is 0 Å². The molecule has 1 aromatic rings. The molecule has 0 unspecified atom stereocenters. The van der Waals surface area contributed by atoms with E-state index in [4.69, 9.17) is 4.42 Å². The van der Waals surface area contributed by atoms with Gasteiger partial charge in [-0.3, -0.25) is 9.59 Å². The third-order valence-corrected chi connectivity index (χ3v) is 2.95. The van der Waals surface area contributed by atoms with Crippen molar-refractivity contribution in [3.8, 4) is 0 Å². The van der Waals surface area contributed by atoms with Crippen LogP contribution >= 0.6 is 15.9 Å². The molecule has 5 nitrogen and oxygen atoms in total. The summed E-state index contributed by atoms with van der Waals surface area (Å²) in [6, 6.07) is 3.25. The number of halogens is 1. The van der Waals surface area contributed by atoms with E-state index in [0.29, 0.717) is 17.8 Å². The smallest absolute Gasteiger partial charge is 0.290 e. The molecule has 0 bridgehead atoms. The lowest BCUT2D eigenvalue weighted by molar-refractivity contribution is -0.133. The van der Waals surface area contributed by atoms with Crippen LogP contribution in [0.2, 0.25) is 0 Å². The average Bonchev–Trinajstić information content (AvgIpc) is 2.68. The second kappa shape index (κ2) is 4.29. The van der Waals surface area contributed by atoms with Gasteiger partial charge in [-0.15, -0.1) is 0 Å². The summed E-state index contributed by atoms with van der Waals surface area (Å²) in [4.78, 5) is 26.5. The molecular weight excluding hydrogens is 276 g/mol. The molecule has 2 heterocycles. The number of carbonyl (C=O) groups is 2. The summed E-state index contributed by atoms with van der Waals surface area (Å²) in [6.45, 7) is 1.22. The van der Waals surface area contributed by atoms with Crippen LogP contribution in [0.15, 0.2) is 21.2 Å². The van der Waals surface area contributed by atoms with E-state index in [-0.39, 0.29) is 24.1 Å². The van der Waals surface area contributed by atoms with Crippen LogP contribution in [-0.4, -0.2) is 48.3 Å². The summed E-state index contributed by atoms with van der Waals surface area (Å²) >= 11 is 3.13. The zero-order chi connectivity index (χ0) is 11.7. The minimum Gasteiger partial charge on any atom is -0.444 e. The van der Waals surface area contributed by atoms with Crippen molar-refractivity contribution in [2.75, 3.05) is 26.7 Å². The van der Waals surface area contributed by atoms with E-state index in [1.165, 1.54) is 4.90 Å². The molecule has 2 amide bonds. The fourth-order valence-corrected chi connectivity index (χ4v) is 1.82. The zero-order valence-corrected chi connectivity index (χ0v) is 10.4. The molecule has 0 aromatic carbocycles. The molecule has 1 saturated heterocycles. The van der Waals surface area contributed by atoms with Crippen LogP contribution in [-0.2, 0) is 4.79 Å². The minimum atomic E-state index is -0.243. The molecule has 1 aliphatic rings. The van der Waals surface area contributed by atoms with Gasteiger partial charge in [-0.2, -0.15) is 0 Å². The molecule has 0 radical (unpaired) electrons. The maximum absolute atomic E-state index is 11.9. The number of rotatable bonds is 1. The fraction of sp³-hybridized carbons (Fsp3) is 0.400. The SMILES string of the molecule is CN1CCN(C(=O)c2ccc(Br)o2)CC1=O. The number of furan rings is 1. The molecule has 86 valence electrons. The van der Waals surface area contributed by atoms with Gasteiger partial charge in [0.25, 0.3) is 5.91 Å². The Morgan fingerprint density at radius 2 is 2.19 bits per heavy atom. The Balaban J connectivity index is 2.09. The van der Waals surface area contributed by atoms with E-state index in [9.17, 15) is 9.59 Å². The predicted octanol–water partition coefficient (Wildman–Crippen LogP) is 0.956. The predicted molar refractivity (Wildman–Crippen MR) is 59.9 cm³/mol. The van der Waals surface area contributed by atoms with E-state index >= 15 is 0 Å². The highest BCUT2D eigenvalue weighted by Crippen LogP contribution is 2.16. The number of hydrogen-bond acceptors (Lipinski definition) is 3. The van der Waals surface area contributed by atoms with Crippen LogP contribution in [0.3, 0.4) is 0 Å². The third kappa shape index (κ3) is 2.11. The highest BCUT2D eigenvalue weighted by molar-refractivity contribution is 9.10. The summed E-state index contributed by atoms with van der Waals surface area (Å²) < 4.78 is 5.67.